The average Bonchev–Trinajstić information content (AvgIpc) is 2.76. The summed E-state index contributed by atoms with van der Waals surface area (Å²) in [7, 11) is 4.14. The summed E-state index contributed by atoms with van der Waals surface area (Å²) in [6, 6.07) is 8.80. The van der Waals surface area contributed by atoms with Crippen LogP contribution in [0.15, 0.2) is 28.7 Å². The Hall–Kier alpha value is -1.93. The minimum atomic E-state index is 0.391. The van der Waals surface area contributed by atoms with Crippen molar-refractivity contribution in [2.75, 3.05) is 29.6 Å². The van der Waals surface area contributed by atoms with Crippen LogP contribution in [-0.2, 0) is 12.8 Å². The fraction of sp³-hybridized carbons (Fsp3) is 0.522. The quantitative estimate of drug-likeness (QED) is 0.502. The molecule has 1 heterocycles. The molecular formula is C23H31BrN6S. The highest BCUT2D eigenvalue weighted by molar-refractivity contribution is 9.10. The first kappa shape index (κ1) is 22.3. The first-order valence-electron chi connectivity index (χ1n) is 11.2. The van der Waals surface area contributed by atoms with E-state index in [-0.39, 0.29) is 0 Å². The Morgan fingerprint density at radius 1 is 1.03 bits per heavy atom. The Kier molecular flexibility index (Phi) is 7.27. The van der Waals surface area contributed by atoms with Crippen molar-refractivity contribution in [1.29, 1.82) is 0 Å². The van der Waals surface area contributed by atoms with Gasteiger partial charge >= 0.3 is 0 Å². The van der Waals surface area contributed by atoms with E-state index < -0.39 is 0 Å². The van der Waals surface area contributed by atoms with Crippen molar-refractivity contribution in [3.05, 3.63) is 40.0 Å². The van der Waals surface area contributed by atoms with Gasteiger partial charge in [-0.15, -0.1) is 0 Å². The Bertz CT molecular complexity index is 926. The number of benzene rings is 1. The van der Waals surface area contributed by atoms with Gasteiger partial charge in [-0.05, 0) is 91.6 Å². The predicted molar refractivity (Wildman–Crippen MR) is 136 cm³/mol. The summed E-state index contributed by atoms with van der Waals surface area (Å²) in [6.45, 7) is 0. The standard InChI is InChI=1S/C23H31BrN6S/c1-30(2)21-17-7-3-5-9-19(17)27-22(29-21)25-15-11-13-16(14-12-15)26-23(31)28-20-10-6-4-8-18(20)24/h4,6,8,10,15-16H,3,5,7,9,11-14H2,1-2H3,(H,25,27,29)(H2,26,28,31)/t15-,16+. The lowest BCUT2D eigenvalue weighted by Crippen LogP contribution is -2.42. The van der Waals surface area contributed by atoms with Crippen LogP contribution < -0.4 is 20.9 Å². The van der Waals surface area contributed by atoms with Gasteiger partial charge < -0.3 is 20.9 Å². The van der Waals surface area contributed by atoms with Crippen molar-refractivity contribution in [2.24, 2.45) is 0 Å². The van der Waals surface area contributed by atoms with Crippen LogP contribution in [0.5, 0.6) is 0 Å². The summed E-state index contributed by atoms with van der Waals surface area (Å²) in [6.07, 6.45) is 8.90. The second-order valence-corrected chi connectivity index (χ2v) is 9.93. The fourth-order valence-corrected chi connectivity index (χ4v) is 5.14. The van der Waals surface area contributed by atoms with Gasteiger partial charge in [0.15, 0.2) is 5.11 Å². The van der Waals surface area contributed by atoms with E-state index in [9.17, 15) is 0 Å². The molecule has 0 radical (unpaired) electrons. The summed E-state index contributed by atoms with van der Waals surface area (Å²) in [5, 5.41) is 11.1. The van der Waals surface area contributed by atoms with Gasteiger partial charge in [0.1, 0.15) is 5.82 Å². The van der Waals surface area contributed by atoms with E-state index in [0.717, 1.165) is 60.5 Å². The number of aryl methyl sites for hydroxylation is 1. The Balaban J connectivity index is 1.31. The summed E-state index contributed by atoms with van der Waals surface area (Å²) in [5.41, 5.74) is 3.55. The van der Waals surface area contributed by atoms with E-state index >= 15 is 0 Å². The maximum atomic E-state index is 5.52. The van der Waals surface area contributed by atoms with Crippen molar-refractivity contribution < 1.29 is 0 Å². The number of nitrogens with zero attached hydrogens (tertiary/aromatic N) is 3. The number of anilines is 3. The van der Waals surface area contributed by atoms with E-state index in [0.29, 0.717) is 17.2 Å². The zero-order valence-corrected chi connectivity index (χ0v) is 20.7. The highest BCUT2D eigenvalue weighted by Crippen LogP contribution is 2.29. The molecule has 0 aliphatic heterocycles. The third-order valence-corrected chi connectivity index (χ3v) is 7.01. The molecule has 6 nitrogen and oxygen atoms in total. The van der Waals surface area contributed by atoms with E-state index in [1.807, 2.05) is 24.3 Å². The minimum Gasteiger partial charge on any atom is -0.362 e. The first-order valence-corrected chi connectivity index (χ1v) is 12.4. The van der Waals surface area contributed by atoms with E-state index in [2.05, 4.69) is 50.9 Å². The number of rotatable bonds is 5. The number of aromatic nitrogens is 2. The van der Waals surface area contributed by atoms with E-state index in [1.165, 1.54) is 24.1 Å². The number of halogens is 1. The van der Waals surface area contributed by atoms with Crippen LogP contribution in [0.1, 0.15) is 49.8 Å². The van der Waals surface area contributed by atoms with E-state index in [1.54, 1.807) is 0 Å². The van der Waals surface area contributed by atoms with Crippen molar-refractivity contribution >= 4 is 50.7 Å². The van der Waals surface area contributed by atoms with Crippen LogP contribution >= 0.6 is 28.1 Å². The zero-order chi connectivity index (χ0) is 21.8. The van der Waals surface area contributed by atoms with Gasteiger partial charge in [-0.2, -0.15) is 4.98 Å². The molecule has 2 aliphatic rings. The molecule has 8 heteroatoms. The Morgan fingerprint density at radius 3 is 2.48 bits per heavy atom. The fourth-order valence-electron chi connectivity index (χ4n) is 4.48. The maximum absolute atomic E-state index is 5.52. The van der Waals surface area contributed by atoms with Crippen molar-refractivity contribution in [3.63, 3.8) is 0 Å². The normalized spacial score (nSPS) is 20.5. The number of thiocarbonyl (C=S) groups is 1. The van der Waals surface area contributed by atoms with Crippen molar-refractivity contribution in [3.8, 4) is 0 Å². The third kappa shape index (κ3) is 5.66. The largest absolute Gasteiger partial charge is 0.362 e. The van der Waals surface area contributed by atoms with Crippen LogP contribution in [0.3, 0.4) is 0 Å². The molecule has 0 bridgehead atoms. The van der Waals surface area contributed by atoms with Crippen LogP contribution in [0.2, 0.25) is 0 Å². The molecule has 1 fully saturated rings. The number of para-hydroxylation sites is 1. The number of nitrogens with one attached hydrogen (secondary N) is 3. The lowest BCUT2D eigenvalue weighted by molar-refractivity contribution is 0.387. The molecule has 1 saturated carbocycles. The molecule has 2 aromatic rings. The van der Waals surface area contributed by atoms with Gasteiger partial charge in [0.25, 0.3) is 0 Å². The van der Waals surface area contributed by atoms with Crippen LogP contribution in [0, 0.1) is 0 Å². The molecular weight excluding hydrogens is 472 g/mol. The van der Waals surface area contributed by atoms with Crippen LogP contribution in [0.25, 0.3) is 0 Å². The molecule has 3 N–H and O–H groups in total. The predicted octanol–water partition coefficient (Wildman–Crippen LogP) is 4.89. The summed E-state index contributed by atoms with van der Waals surface area (Å²) in [5.74, 6) is 1.86. The minimum absolute atomic E-state index is 0.391. The Morgan fingerprint density at radius 2 is 1.74 bits per heavy atom. The van der Waals surface area contributed by atoms with Gasteiger partial charge in [-0.3, -0.25) is 0 Å². The van der Waals surface area contributed by atoms with Gasteiger partial charge in [0.2, 0.25) is 5.95 Å². The SMILES string of the molecule is CN(C)c1nc(N[C@H]2CC[C@@H](NC(=S)Nc3ccccc3Br)CC2)nc2c1CCCC2. The molecule has 0 saturated heterocycles. The zero-order valence-electron chi connectivity index (χ0n) is 18.2. The molecule has 31 heavy (non-hydrogen) atoms. The molecule has 0 spiro atoms. The molecule has 4 rings (SSSR count). The van der Waals surface area contributed by atoms with Gasteiger partial charge in [-0.1, -0.05) is 12.1 Å². The highest BCUT2D eigenvalue weighted by atomic mass is 79.9. The van der Waals surface area contributed by atoms with Crippen molar-refractivity contribution in [1.82, 2.24) is 15.3 Å². The summed E-state index contributed by atoms with van der Waals surface area (Å²) in [4.78, 5) is 11.9. The van der Waals surface area contributed by atoms with Gasteiger partial charge in [-0.25, -0.2) is 4.98 Å². The van der Waals surface area contributed by atoms with E-state index in [4.69, 9.17) is 22.2 Å². The lowest BCUT2D eigenvalue weighted by Gasteiger charge is -2.31. The number of hydrogen-bond donors (Lipinski definition) is 3. The van der Waals surface area contributed by atoms with Crippen molar-refractivity contribution in [2.45, 2.75) is 63.5 Å². The molecule has 0 amide bonds. The number of fused-ring (bicyclic) bond motifs is 1. The summed E-state index contributed by atoms with van der Waals surface area (Å²) < 4.78 is 1.01. The maximum Gasteiger partial charge on any atom is 0.225 e. The molecule has 0 atom stereocenters. The molecule has 1 aromatic carbocycles. The lowest BCUT2D eigenvalue weighted by atomic mass is 9.91. The molecule has 1 aromatic heterocycles. The van der Waals surface area contributed by atoms with Crippen LogP contribution in [-0.4, -0.2) is 41.3 Å². The smallest absolute Gasteiger partial charge is 0.225 e. The molecule has 0 unspecified atom stereocenters. The van der Waals surface area contributed by atoms with Gasteiger partial charge in [0.05, 0.1) is 11.4 Å². The monoisotopic (exact) mass is 502 g/mol. The van der Waals surface area contributed by atoms with Gasteiger partial charge in [0, 0.05) is 36.2 Å². The first-order chi connectivity index (χ1) is 15.0. The highest BCUT2D eigenvalue weighted by Gasteiger charge is 2.24. The summed E-state index contributed by atoms with van der Waals surface area (Å²) >= 11 is 9.08. The number of hydrogen-bond acceptors (Lipinski definition) is 5. The van der Waals surface area contributed by atoms with Crippen LogP contribution in [0.4, 0.5) is 17.5 Å². The topological polar surface area (TPSA) is 65.1 Å². The molecule has 2 aliphatic carbocycles. The second-order valence-electron chi connectivity index (χ2n) is 8.67. The Labute approximate surface area is 198 Å². The third-order valence-electron chi connectivity index (χ3n) is 6.10. The molecule has 166 valence electrons. The average molecular weight is 504 g/mol. The second kappa shape index (κ2) is 10.1.